The molecule has 0 heterocycles. The van der Waals surface area contributed by atoms with Gasteiger partial charge in [0, 0.05) is 6.42 Å². The second kappa shape index (κ2) is 9.94. The van der Waals surface area contributed by atoms with Crippen molar-refractivity contribution >= 4 is 24.3 Å². The summed E-state index contributed by atoms with van der Waals surface area (Å²) in [4.78, 5) is 23.4. The molecule has 1 unspecified atom stereocenters. The SMILES string of the molecule is CCC(N)(Cc1ccc(C(=O)OCc2ccc(OC)cc2)cc1)C(=O)O.Cl. The number of rotatable bonds is 8. The lowest BCUT2D eigenvalue weighted by Gasteiger charge is -2.22. The molecule has 2 rings (SSSR count). The average molecular weight is 394 g/mol. The highest BCUT2D eigenvalue weighted by Crippen LogP contribution is 2.17. The fraction of sp³-hybridized carbons (Fsp3) is 0.300. The van der Waals surface area contributed by atoms with E-state index in [1.807, 2.05) is 12.1 Å². The molecule has 3 N–H and O–H groups in total. The number of benzene rings is 2. The molecule has 6 nitrogen and oxygen atoms in total. The van der Waals surface area contributed by atoms with Gasteiger partial charge in [-0.15, -0.1) is 12.4 Å². The molecule has 0 radical (unpaired) electrons. The maximum atomic E-state index is 12.1. The molecule has 2 aromatic carbocycles. The second-order valence-electron chi connectivity index (χ2n) is 6.11. The highest BCUT2D eigenvalue weighted by Gasteiger charge is 2.31. The number of carboxylic acid groups (broad SMARTS) is 1. The van der Waals surface area contributed by atoms with Gasteiger partial charge >= 0.3 is 11.9 Å². The molecule has 146 valence electrons. The number of hydrogen-bond acceptors (Lipinski definition) is 5. The summed E-state index contributed by atoms with van der Waals surface area (Å²) in [5.41, 5.74) is 6.60. The van der Waals surface area contributed by atoms with Gasteiger partial charge in [0.1, 0.15) is 17.9 Å². The number of ether oxygens (including phenoxy) is 2. The molecule has 0 aromatic heterocycles. The predicted octanol–water partition coefficient (Wildman–Crippen LogP) is 3.21. The van der Waals surface area contributed by atoms with E-state index in [9.17, 15) is 14.7 Å². The van der Waals surface area contributed by atoms with Crippen molar-refractivity contribution in [2.24, 2.45) is 5.73 Å². The first-order valence-electron chi connectivity index (χ1n) is 8.29. The molecule has 0 aliphatic carbocycles. The summed E-state index contributed by atoms with van der Waals surface area (Å²) in [7, 11) is 1.59. The van der Waals surface area contributed by atoms with Gasteiger partial charge in [-0.25, -0.2) is 4.79 Å². The summed E-state index contributed by atoms with van der Waals surface area (Å²) < 4.78 is 10.4. The third-order valence-electron chi connectivity index (χ3n) is 4.30. The lowest BCUT2D eigenvalue weighted by atomic mass is 9.89. The molecule has 0 bridgehead atoms. The lowest BCUT2D eigenvalue weighted by Crippen LogP contribution is -2.49. The fourth-order valence-electron chi connectivity index (χ4n) is 2.43. The van der Waals surface area contributed by atoms with E-state index in [1.165, 1.54) is 0 Å². The standard InChI is InChI=1S/C20H23NO5.ClH/c1-3-20(21,19(23)24)12-14-4-8-16(9-5-14)18(22)26-13-15-6-10-17(25-2)11-7-15;/h4-11H,3,12-13,21H2,1-2H3,(H,23,24);1H. The first-order chi connectivity index (χ1) is 12.4. The Hall–Kier alpha value is -2.57. The van der Waals surface area contributed by atoms with Crippen LogP contribution in [-0.2, 0) is 22.6 Å². The van der Waals surface area contributed by atoms with Gasteiger partial charge in [-0.3, -0.25) is 4.79 Å². The summed E-state index contributed by atoms with van der Waals surface area (Å²) in [6.45, 7) is 1.89. The molecular weight excluding hydrogens is 370 g/mol. The molecule has 1 atom stereocenters. The van der Waals surface area contributed by atoms with Crippen LogP contribution in [0, 0.1) is 0 Å². The molecule has 2 aromatic rings. The zero-order valence-corrected chi connectivity index (χ0v) is 16.1. The van der Waals surface area contributed by atoms with E-state index in [2.05, 4.69) is 0 Å². The van der Waals surface area contributed by atoms with Crippen molar-refractivity contribution in [1.29, 1.82) is 0 Å². The molecule has 0 saturated heterocycles. The average Bonchev–Trinajstić information content (AvgIpc) is 2.66. The summed E-state index contributed by atoms with van der Waals surface area (Å²) >= 11 is 0. The summed E-state index contributed by atoms with van der Waals surface area (Å²) in [5, 5.41) is 9.24. The quantitative estimate of drug-likeness (QED) is 0.668. The van der Waals surface area contributed by atoms with E-state index < -0.39 is 17.5 Å². The Morgan fingerprint density at radius 1 is 1.04 bits per heavy atom. The van der Waals surface area contributed by atoms with E-state index in [4.69, 9.17) is 15.2 Å². The topological polar surface area (TPSA) is 98.9 Å². The molecule has 0 aliphatic rings. The lowest BCUT2D eigenvalue weighted by molar-refractivity contribution is -0.143. The van der Waals surface area contributed by atoms with Crippen LogP contribution in [0.15, 0.2) is 48.5 Å². The third kappa shape index (κ3) is 5.98. The first kappa shape index (κ1) is 22.5. The van der Waals surface area contributed by atoms with Crippen LogP contribution >= 0.6 is 12.4 Å². The normalized spacial score (nSPS) is 12.4. The minimum Gasteiger partial charge on any atom is -0.497 e. The van der Waals surface area contributed by atoms with Gasteiger partial charge in [0.2, 0.25) is 0 Å². The third-order valence-corrected chi connectivity index (χ3v) is 4.30. The summed E-state index contributed by atoms with van der Waals surface area (Å²) in [6, 6.07) is 13.9. The van der Waals surface area contributed by atoms with Crippen LogP contribution in [0.2, 0.25) is 0 Å². The van der Waals surface area contributed by atoms with Crippen molar-refractivity contribution in [3.05, 3.63) is 65.2 Å². The van der Waals surface area contributed by atoms with Gasteiger partial charge in [-0.1, -0.05) is 31.2 Å². The van der Waals surface area contributed by atoms with Crippen molar-refractivity contribution in [3.63, 3.8) is 0 Å². The minimum atomic E-state index is -1.31. The minimum absolute atomic E-state index is 0. The molecule has 0 amide bonds. The molecule has 27 heavy (non-hydrogen) atoms. The van der Waals surface area contributed by atoms with Crippen LogP contribution in [0.25, 0.3) is 0 Å². The van der Waals surface area contributed by atoms with Gasteiger partial charge in [0.05, 0.1) is 12.7 Å². The summed E-state index contributed by atoms with van der Waals surface area (Å²) in [6.07, 6.45) is 0.508. The number of nitrogens with two attached hydrogens (primary N) is 1. The molecular formula is C20H24ClNO5. The van der Waals surface area contributed by atoms with Crippen molar-refractivity contribution in [2.45, 2.75) is 31.9 Å². The smallest absolute Gasteiger partial charge is 0.338 e. The highest BCUT2D eigenvalue weighted by atomic mass is 35.5. The van der Waals surface area contributed by atoms with E-state index in [0.29, 0.717) is 12.0 Å². The van der Waals surface area contributed by atoms with Crippen LogP contribution in [-0.4, -0.2) is 29.7 Å². The van der Waals surface area contributed by atoms with Gasteiger partial charge in [0.25, 0.3) is 0 Å². The van der Waals surface area contributed by atoms with Crippen LogP contribution in [0.3, 0.4) is 0 Å². The van der Waals surface area contributed by atoms with Gasteiger partial charge in [-0.05, 0) is 41.8 Å². The Balaban J connectivity index is 0.00000364. The van der Waals surface area contributed by atoms with E-state index in [1.54, 1.807) is 50.4 Å². The Morgan fingerprint density at radius 2 is 1.59 bits per heavy atom. The fourth-order valence-corrected chi connectivity index (χ4v) is 2.43. The van der Waals surface area contributed by atoms with E-state index >= 15 is 0 Å². The molecule has 0 saturated carbocycles. The monoisotopic (exact) mass is 393 g/mol. The maximum absolute atomic E-state index is 12.1. The maximum Gasteiger partial charge on any atom is 0.338 e. The van der Waals surface area contributed by atoms with Crippen LogP contribution in [0.1, 0.15) is 34.8 Å². The number of carboxylic acids is 1. The number of carbonyl (C=O) groups is 2. The Kier molecular flexibility index (Phi) is 8.28. The predicted molar refractivity (Wildman–Crippen MR) is 104 cm³/mol. The Morgan fingerprint density at radius 3 is 2.07 bits per heavy atom. The highest BCUT2D eigenvalue weighted by molar-refractivity contribution is 5.89. The Labute approximate surface area is 164 Å². The second-order valence-corrected chi connectivity index (χ2v) is 6.11. The van der Waals surface area contributed by atoms with E-state index in [0.717, 1.165) is 16.9 Å². The van der Waals surface area contributed by atoms with Gasteiger partial charge in [-0.2, -0.15) is 0 Å². The number of methoxy groups -OCH3 is 1. The van der Waals surface area contributed by atoms with Crippen LogP contribution in [0.4, 0.5) is 0 Å². The molecule has 0 aliphatic heterocycles. The molecule has 0 spiro atoms. The zero-order valence-electron chi connectivity index (χ0n) is 15.3. The molecule has 7 heteroatoms. The number of aliphatic carboxylic acids is 1. The van der Waals surface area contributed by atoms with Crippen molar-refractivity contribution in [3.8, 4) is 5.75 Å². The zero-order chi connectivity index (χ0) is 19.2. The number of hydrogen-bond donors (Lipinski definition) is 2. The summed E-state index contributed by atoms with van der Waals surface area (Å²) in [5.74, 6) is -0.747. The molecule has 0 fully saturated rings. The Bertz CT molecular complexity index is 761. The van der Waals surface area contributed by atoms with Crippen molar-refractivity contribution in [2.75, 3.05) is 7.11 Å². The largest absolute Gasteiger partial charge is 0.497 e. The number of halogens is 1. The van der Waals surface area contributed by atoms with Gasteiger partial charge < -0.3 is 20.3 Å². The number of esters is 1. The van der Waals surface area contributed by atoms with Crippen LogP contribution < -0.4 is 10.5 Å². The van der Waals surface area contributed by atoms with Crippen molar-refractivity contribution in [1.82, 2.24) is 0 Å². The van der Waals surface area contributed by atoms with Crippen LogP contribution in [0.5, 0.6) is 5.75 Å². The van der Waals surface area contributed by atoms with Gasteiger partial charge in [0.15, 0.2) is 0 Å². The first-order valence-corrected chi connectivity index (χ1v) is 8.29. The number of carbonyl (C=O) groups excluding carboxylic acids is 1. The van der Waals surface area contributed by atoms with E-state index in [-0.39, 0.29) is 25.4 Å². The van der Waals surface area contributed by atoms with Crippen molar-refractivity contribution < 1.29 is 24.2 Å².